The molecule has 0 radical (unpaired) electrons. The minimum atomic E-state index is -0.626. The van der Waals surface area contributed by atoms with E-state index in [0.29, 0.717) is 51.8 Å². The van der Waals surface area contributed by atoms with Gasteiger partial charge in [-0.05, 0) is 69.2 Å². The predicted molar refractivity (Wildman–Crippen MR) is 162 cm³/mol. The molecule has 4 rings (SSSR count). The number of methoxy groups -OCH3 is 1. The van der Waals surface area contributed by atoms with Crippen molar-refractivity contribution >= 4 is 52.9 Å². The molecule has 11 heteroatoms. The number of piperazine rings is 1. The van der Waals surface area contributed by atoms with Crippen LogP contribution in [0, 0.1) is 6.92 Å². The minimum absolute atomic E-state index is 0.217. The molecular weight excluding hydrogens is 587 g/mol. The molecule has 0 N–H and O–H groups in total. The largest absolute Gasteiger partial charge is 0.497 e. The summed E-state index contributed by atoms with van der Waals surface area (Å²) in [6.45, 7) is 8.61. The molecule has 0 aliphatic carbocycles. The lowest BCUT2D eigenvalue weighted by atomic mass is 10.0. The molecule has 3 aromatic rings. The lowest BCUT2D eigenvalue weighted by Gasteiger charge is -2.41. The maximum atomic E-state index is 13.6. The van der Waals surface area contributed by atoms with Gasteiger partial charge in [-0.2, -0.15) is 5.10 Å². The van der Waals surface area contributed by atoms with Crippen LogP contribution in [-0.4, -0.2) is 63.9 Å². The summed E-state index contributed by atoms with van der Waals surface area (Å²) in [5, 5.41) is 5.99. The number of hydrogen-bond acceptors (Lipinski definition) is 5. The Balaban J connectivity index is 1.57. The quantitative estimate of drug-likeness (QED) is 0.277. The van der Waals surface area contributed by atoms with Crippen molar-refractivity contribution < 1.29 is 19.1 Å². The zero-order valence-corrected chi connectivity index (χ0v) is 25.9. The van der Waals surface area contributed by atoms with Crippen LogP contribution in [-0.2, 0) is 16.1 Å². The van der Waals surface area contributed by atoms with Crippen LogP contribution in [0.15, 0.2) is 48.5 Å². The summed E-state index contributed by atoms with van der Waals surface area (Å²) < 4.78 is 12.6. The first-order valence-electron chi connectivity index (χ1n) is 13.1. The molecule has 1 aliphatic heterocycles. The second-order valence-electron chi connectivity index (χ2n) is 10.8. The Morgan fingerprint density at radius 2 is 1.85 bits per heavy atom. The third kappa shape index (κ3) is 7.56. The Morgan fingerprint density at radius 1 is 1.10 bits per heavy atom. The first-order valence-corrected chi connectivity index (χ1v) is 14.3. The molecule has 1 aliphatic rings. The fraction of sp³-hybridized carbons (Fsp3) is 0.367. The summed E-state index contributed by atoms with van der Waals surface area (Å²) in [5.74, 6) is 0.445. The van der Waals surface area contributed by atoms with Gasteiger partial charge in [-0.25, -0.2) is 9.48 Å². The highest BCUT2D eigenvalue weighted by Crippen LogP contribution is 2.30. The molecule has 1 aromatic heterocycles. The lowest BCUT2D eigenvalue weighted by molar-refractivity contribution is -0.131. The molecule has 2 amide bonds. The van der Waals surface area contributed by atoms with E-state index in [1.165, 1.54) is 6.08 Å². The zero-order chi connectivity index (χ0) is 29.9. The van der Waals surface area contributed by atoms with Gasteiger partial charge in [0, 0.05) is 41.3 Å². The van der Waals surface area contributed by atoms with E-state index in [-0.39, 0.29) is 12.5 Å². The van der Waals surface area contributed by atoms with Crippen LogP contribution < -0.4 is 4.74 Å². The maximum absolute atomic E-state index is 13.6. The van der Waals surface area contributed by atoms with E-state index in [1.54, 1.807) is 39.8 Å². The first kappa shape index (κ1) is 30.8. The second kappa shape index (κ2) is 12.8. The molecule has 1 atom stereocenters. The fourth-order valence-corrected chi connectivity index (χ4v) is 5.36. The molecule has 218 valence electrons. The molecule has 0 spiro atoms. The number of aromatic nitrogens is 2. The normalized spacial score (nSPS) is 15.9. The number of amides is 2. The lowest BCUT2D eigenvalue weighted by Crippen LogP contribution is -2.52. The van der Waals surface area contributed by atoms with Gasteiger partial charge in [-0.3, -0.25) is 4.79 Å². The van der Waals surface area contributed by atoms with Crippen LogP contribution in [0.1, 0.15) is 49.2 Å². The molecular formula is C30H33Cl3N4O4. The van der Waals surface area contributed by atoms with Gasteiger partial charge in [0.1, 0.15) is 16.5 Å². The molecule has 2 heterocycles. The highest BCUT2D eigenvalue weighted by Gasteiger charge is 2.35. The average Bonchev–Trinajstić information content (AvgIpc) is 3.19. The summed E-state index contributed by atoms with van der Waals surface area (Å²) in [6.07, 6.45) is 2.76. The molecule has 8 nitrogen and oxygen atoms in total. The number of carbonyl (C=O) groups excluding carboxylic acids is 2. The van der Waals surface area contributed by atoms with Crippen LogP contribution in [0.4, 0.5) is 4.79 Å². The number of ether oxygens (including phenoxy) is 2. The van der Waals surface area contributed by atoms with Crippen molar-refractivity contribution in [2.75, 3.05) is 26.7 Å². The average molecular weight is 620 g/mol. The van der Waals surface area contributed by atoms with Gasteiger partial charge < -0.3 is 19.3 Å². The van der Waals surface area contributed by atoms with Crippen LogP contribution >= 0.6 is 34.8 Å². The van der Waals surface area contributed by atoms with Crippen molar-refractivity contribution in [2.24, 2.45) is 0 Å². The van der Waals surface area contributed by atoms with Crippen molar-refractivity contribution in [3.8, 4) is 5.75 Å². The van der Waals surface area contributed by atoms with E-state index in [9.17, 15) is 9.59 Å². The number of carbonyl (C=O) groups is 2. The van der Waals surface area contributed by atoms with E-state index >= 15 is 0 Å². The van der Waals surface area contributed by atoms with Crippen molar-refractivity contribution in [1.29, 1.82) is 0 Å². The van der Waals surface area contributed by atoms with Crippen molar-refractivity contribution in [3.05, 3.63) is 86.1 Å². The van der Waals surface area contributed by atoms with Gasteiger partial charge in [0.15, 0.2) is 0 Å². The summed E-state index contributed by atoms with van der Waals surface area (Å²) >= 11 is 19.0. The van der Waals surface area contributed by atoms with Crippen molar-refractivity contribution in [2.45, 2.75) is 45.9 Å². The molecule has 41 heavy (non-hydrogen) atoms. The van der Waals surface area contributed by atoms with Crippen LogP contribution in [0.2, 0.25) is 15.2 Å². The molecule has 1 unspecified atom stereocenters. The zero-order valence-electron chi connectivity index (χ0n) is 23.7. The Labute approximate surface area is 255 Å². The van der Waals surface area contributed by atoms with Gasteiger partial charge in [0.25, 0.3) is 0 Å². The van der Waals surface area contributed by atoms with Gasteiger partial charge >= 0.3 is 6.09 Å². The predicted octanol–water partition coefficient (Wildman–Crippen LogP) is 7.04. The summed E-state index contributed by atoms with van der Waals surface area (Å²) in [4.78, 5) is 29.8. The molecule has 0 saturated carbocycles. The number of benzene rings is 2. The number of aryl methyl sites for hydroxylation is 1. The van der Waals surface area contributed by atoms with E-state index < -0.39 is 17.7 Å². The monoisotopic (exact) mass is 618 g/mol. The standard InChI is InChI=1S/C30H33Cl3N4O4/c1-19-24(28(33)37(34-19)17-21-9-10-22(31)16-25(21)32)11-12-27(38)36-14-13-35(29(39)41-30(2,3)4)18-26(36)20-7-6-8-23(15-20)40-5/h6-12,15-16,26H,13-14,17-18H2,1-5H3/b12-11+. The third-order valence-corrected chi connectivity index (χ3v) is 7.62. The van der Waals surface area contributed by atoms with E-state index in [2.05, 4.69) is 5.10 Å². The topological polar surface area (TPSA) is 76.9 Å². The van der Waals surface area contributed by atoms with Crippen LogP contribution in [0.3, 0.4) is 0 Å². The Hall–Kier alpha value is -3.20. The van der Waals surface area contributed by atoms with E-state index in [4.69, 9.17) is 44.3 Å². The molecule has 0 bridgehead atoms. The number of rotatable bonds is 6. The summed E-state index contributed by atoms with van der Waals surface area (Å²) in [5.41, 5.74) is 2.34. The second-order valence-corrected chi connectivity index (χ2v) is 12.0. The van der Waals surface area contributed by atoms with Crippen LogP contribution in [0.25, 0.3) is 6.08 Å². The summed E-state index contributed by atoms with van der Waals surface area (Å²) in [6, 6.07) is 12.3. The summed E-state index contributed by atoms with van der Waals surface area (Å²) in [7, 11) is 1.59. The van der Waals surface area contributed by atoms with Crippen molar-refractivity contribution in [3.63, 3.8) is 0 Å². The third-order valence-electron chi connectivity index (χ3n) is 6.63. The number of halogens is 3. The number of nitrogens with zero attached hydrogens (tertiary/aromatic N) is 4. The Bertz CT molecular complexity index is 1460. The number of hydrogen-bond donors (Lipinski definition) is 0. The van der Waals surface area contributed by atoms with E-state index in [1.807, 2.05) is 58.0 Å². The molecule has 2 aromatic carbocycles. The van der Waals surface area contributed by atoms with Gasteiger partial charge in [-0.15, -0.1) is 0 Å². The molecule has 1 fully saturated rings. The van der Waals surface area contributed by atoms with Crippen LogP contribution in [0.5, 0.6) is 5.75 Å². The fourth-order valence-electron chi connectivity index (χ4n) is 4.60. The molecule has 1 saturated heterocycles. The Kier molecular flexibility index (Phi) is 9.57. The smallest absolute Gasteiger partial charge is 0.410 e. The van der Waals surface area contributed by atoms with E-state index in [0.717, 1.165) is 11.1 Å². The minimum Gasteiger partial charge on any atom is -0.497 e. The van der Waals surface area contributed by atoms with Gasteiger partial charge in [-0.1, -0.05) is 53.0 Å². The maximum Gasteiger partial charge on any atom is 0.410 e. The SMILES string of the molecule is COc1cccc(C2CN(C(=O)OC(C)(C)C)CCN2C(=O)/C=C/c2c(C)nn(Cc3ccc(Cl)cc3Cl)c2Cl)c1. The Morgan fingerprint density at radius 3 is 2.54 bits per heavy atom. The highest BCUT2D eigenvalue weighted by atomic mass is 35.5. The van der Waals surface area contributed by atoms with Crippen molar-refractivity contribution in [1.82, 2.24) is 19.6 Å². The first-order chi connectivity index (χ1) is 19.4. The van der Waals surface area contributed by atoms with Gasteiger partial charge in [0.2, 0.25) is 5.91 Å². The highest BCUT2D eigenvalue weighted by molar-refractivity contribution is 6.35. The van der Waals surface area contributed by atoms with Gasteiger partial charge in [0.05, 0.1) is 25.4 Å².